The second kappa shape index (κ2) is 6.72. The highest BCUT2D eigenvalue weighted by Crippen LogP contribution is 2.35. The number of nitrogens with zero attached hydrogens (tertiary/aromatic N) is 2. The van der Waals surface area contributed by atoms with Crippen molar-refractivity contribution in [2.45, 2.75) is 33.4 Å². The fraction of sp³-hybridized carbons (Fsp3) is 0.294. The van der Waals surface area contributed by atoms with Gasteiger partial charge in [0.15, 0.2) is 0 Å². The highest BCUT2D eigenvalue weighted by Gasteiger charge is 2.12. The lowest BCUT2D eigenvalue weighted by Gasteiger charge is -2.05. The van der Waals surface area contributed by atoms with Gasteiger partial charge in [0.2, 0.25) is 0 Å². The van der Waals surface area contributed by atoms with E-state index in [9.17, 15) is 4.79 Å². The molecule has 2 heterocycles. The number of fused-ring (bicyclic) bond motifs is 1. The molecule has 0 unspecified atom stereocenters. The number of ether oxygens (including phenoxy) is 1. The van der Waals surface area contributed by atoms with Crippen LogP contribution in [0.5, 0.6) is 0 Å². The van der Waals surface area contributed by atoms with Gasteiger partial charge in [-0.3, -0.25) is 9.48 Å². The quantitative estimate of drug-likeness (QED) is 0.637. The Bertz CT molecular complexity index is 854. The topological polar surface area (TPSA) is 44.1 Å². The first-order valence-corrected chi connectivity index (χ1v) is 8.56. The molecule has 3 rings (SSSR count). The largest absolute Gasteiger partial charge is 0.460 e. The molecule has 0 amide bonds. The summed E-state index contributed by atoms with van der Waals surface area (Å²) in [6.45, 7) is 4.65. The normalized spacial score (nSPS) is 11.1. The van der Waals surface area contributed by atoms with Crippen LogP contribution in [-0.2, 0) is 22.7 Å². The molecule has 0 bridgehead atoms. The van der Waals surface area contributed by atoms with Crippen molar-refractivity contribution in [2.24, 2.45) is 0 Å². The van der Waals surface area contributed by atoms with Crippen molar-refractivity contribution in [1.82, 2.24) is 9.78 Å². The molecule has 1 aromatic carbocycles. The molecule has 0 saturated carbocycles. The molecule has 0 aliphatic heterocycles. The molecule has 2 aromatic heterocycles. The lowest BCUT2D eigenvalue weighted by atomic mass is 10.2. The highest BCUT2D eigenvalue weighted by atomic mass is 35.5. The maximum atomic E-state index is 11.9. The van der Waals surface area contributed by atoms with Crippen molar-refractivity contribution in [2.75, 3.05) is 0 Å². The van der Waals surface area contributed by atoms with Crippen molar-refractivity contribution >= 4 is 39.0 Å². The summed E-state index contributed by atoms with van der Waals surface area (Å²) in [5, 5.41) is 6.02. The zero-order valence-corrected chi connectivity index (χ0v) is 14.6. The molecule has 0 fully saturated rings. The molecule has 4 nitrogen and oxygen atoms in total. The minimum absolute atomic E-state index is 0.216. The summed E-state index contributed by atoms with van der Waals surface area (Å²) >= 11 is 7.90. The van der Waals surface area contributed by atoms with Gasteiger partial charge in [-0.15, -0.1) is 11.3 Å². The minimum atomic E-state index is -0.244. The fourth-order valence-corrected chi connectivity index (χ4v) is 3.87. The first kappa shape index (κ1) is 16.0. The molecular weight excluding hydrogens is 332 g/mol. The number of halogens is 1. The molecular formula is C17H17ClN2O2S. The molecule has 0 radical (unpaired) electrons. The van der Waals surface area contributed by atoms with Gasteiger partial charge in [0.25, 0.3) is 0 Å². The van der Waals surface area contributed by atoms with E-state index in [4.69, 9.17) is 16.3 Å². The molecule has 0 spiro atoms. The lowest BCUT2D eigenvalue weighted by Crippen LogP contribution is -2.10. The summed E-state index contributed by atoms with van der Waals surface area (Å²) in [4.78, 5) is 12.8. The van der Waals surface area contributed by atoms with E-state index in [-0.39, 0.29) is 12.6 Å². The molecule has 0 saturated heterocycles. The molecule has 120 valence electrons. The van der Waals surface area contributed by atoms with E-state index in [1.54, 1.807) is 11.3 Å². The van der Waals surface area contributed by atoms with Gasteiger partial charge in [0.1, 0.15) is 6.61 Å². The predicted octanol–water partition coefficient (Wildman–Crippen LogP) is 4.50. The van der Waals surface area contributed by atoms with Crippen molar-refractivity contribution in [3.05, 3.63) is 51.6 Å². The second-order valence-corrected chi connectivity index (χ2v) is 6.91. The van der Waals surface area contributed by atoms with E-state index in [1.165, 1.54) is 0 Å². The molecule has 6 heteroatoms. The number of carbonyl (C=O) groups is 1. The summed E-state index contributed by atoms with van der Waals surface area (Å²) in [7, 11) is 0. The van der Waals surface area contributed by atoms with Gasteiger partial charge in [-0.2, -0.15) is 5.10 Å². The van der Waals surface area contributed by atoms with Gasteiger partial charge in [0.05, 0.1) is 28.6 Å². The van der Waals surface area contributed by atoms with Crippen molar-refractivity contribution in [1.29, 1.82) is 0 Å². The Morgan fingerprint density at radius 3 is 2.83 bits per heavy atom. The van der Waals surface area contributed by atoms with E-state index in [2.05, 4.69) is 5.10 Å². The van der Waals surface area contributed by atoms with E-state index < -0.39 is 0 Å². The summed E-state index contributed by atoms with van der Waals surface area (Å²) in [6.07, 6.45) is 0.296. The van der Waals surface area contributed by atoms with Crippen molar-refractivity contribution in [3.63, 3.8) is 0 Å². The number of benzene rings is 1. The molecule has 0 aliphatic carbocycles. The van der Waals surface area contributed by atoms with Gasteiger partial charge in [-0.25, -0.2) is 0 Å². The van der Waals surface area contributed by atoms with E-state index in [0.717, 1.165) is 26.4 Å². The number of hydrogen-bond donors (Lipinski definition) is 0. The number of carbonyl (C=O) groups excluding carboxylic acids is 1. The minimum Gasteiger partial charge on any atom is -0.460 e. The van der Waals surface area contributed by atoms with Crippen LogP contribution in [0.15, 0.2) is 30.3 Å². The van der Waals surface area contributed by atoms with E-state index in [1.807, 2.05) is 48.9 Å². The number of thiophene rings is 1. The Morgan fingerprint density at radius 2 is 2.13 bits per heavy atom. The van der Waals surface area contributed by atoms with Gasteiger partial charge in [-0.05, 0) is 26.0 Å². The van der Waals surface area contributed by atoms with Gasteiger partial charge < -0.3 is 4.74 Å². The summed E-state index contributed by atoms with van der Waals surface area (Å²) in [5.41, 5.74) is 2.00. The zero-order chi connectivity index (χ0) is 16.4. The van der Waals surface area contributed by atoms with Crippen LogP contribution in [-0.4, -0.2) is 15.7 Å². The lowest BCUT2D eigenvalue weighted by molar-refractivity contribution is -0.145. The van der Waals surface area contributed by atoms with Gasteiger partial charge in [-0.1, -0.05) is 29.8 Å². The molecule has 0 atom stereocenters. The van der Waals surface area contributed by atoms with Gasteiger partial charge >= 0.3 is 5.97 Å². The number of hydrogen-bond acceptors (Lipinski definition) is 4. The Morgan fingerprint density at radius 1 is 1.35 bits per heavy atom. The average molecular weight is 349 g/mol. The smallest absolute Gasteiger partial charge is 0.308 e. The molecule has 3 aromatic rings. The van der Waals surface area contributed by atoms with Crippen LogP contribution < -0.4 is 0 Å². The van der Waals surface area contributed by atoms with Crippen LogP contribution in [0, 0.1) is 13.8 Å². The van der Waals surface area contributed by atoms with Crippen LogP contribution >= 0.6 is 22.9 Å². The molecule has 0 N–H and O–H groups in total. The number of esters is 1. The molecule has 0 aliphatic rings. The van der Waals surface area contributed by atoms with Crippen LogP contribution in [0.1, 0.15) is 22.7 Å². The third kappa shape index (κ3) is 3.57. The fourth-order valence-electron chi connectivity index (χ4n) is 2.47. The summed E-state index contributed by atoms with van der Waals surface area (Å²) in [6, 6.07) is 9.90. The molecule has 23 heavy (non-hydrogen) atoms. The van der Waals surface area contributed by atoms with Crippen LogP contribution in [0.3, 0.4) is 0 Å². The third-order valence-corrected chi connectivity index (χ3v) is 5.28. The zero-order valence-electron chi connectivity index (χ0n) is 13.0. The number of rotatable bonds is 5. The predicted molar refractivity (Wildman–Crippen MR) is 92.9 cm³/mol. The van der Waals surface area contributed by atoms with E-state index >= 15 is 0 Å². The summed E-state index contributed by atoms with van der Waals surface area (Å²) < 4.78 is 8.28. The van der Waals surface area contributed by atoms with Crippen molar-refractivity contribution in [3.8, 4) is 0 Å². The Balaban J connectivity index is 1.58. The summed E-state index contributed by atoms with van der Waals surface area (Å²) in [5.74, 6) is -0.244. The van der Waals surface area contributed by atoms with Crippen LogP contribution in [0.4, 0.5) is 0 Å². The number of aryl methyl sites for hydroxylation is 3. The first-order valence-electron chi connectivity index (χ1n) is 7.37. The third-order valence-electron chi connectivity index (χ3n) is 3.60. The maximum absolute atomic E-state index is 11.9. The SMILES string of the molecule is Cc1cc(C)n(CCC(=O)OCc2sc3ccccc3c2Cl)n1. The average Bonchev–Trinajstić information content (AvgIpc) is 3.03. The first-order chi connectivity index (χ1) is 11.0. The highest BCUT2D eigenvalue weighted by molar-refractivity contribution is 7.19. The standard InChI is InChI=1S/C17H17ClN2O2S/c1-11-9-12(2)20(19-11)8-7-16(21)22-10-15-17(18)13-5-3-4-6-14(13)23-15/h3-6,9H,7-8,10H2,1-2H3. The van der Waals surface area contributed by atoms with Gasteiger partial charge in [0, 0.05) is 15.8 Å². The Kier molecular flexibility index (Phi) is 4.68. The maximum Gasteiger partial charge on any atom is 0.308 e. The van der Waals surface area contributed by atoms with E-state index in [0.29, 0.717) is 18.0 Å². The Labute approximate surface area is 143 Å². The van der Waals surface area contributed by atoms with Crippen LogP contribution in [0.2, 0.25) is 5.02 Å². The van der Waals surface area contributed by atoms with Crippen molar-refractivity contribution < 1.29 is 9.53 Å². The monoisotopic (exact) mass is 348 g/mol. The van der Waals surface area contributed by atoms with Crippen LogP contribution in [0.25, 0.3) is 10.1 Å². The second-order valence-electron chi connectivity index (χ2n) is 5.40. The Hall–Kier alpha value is -1.85. The number of aromatic nitrogens is 2.